The third kappa shape index (κ3) is 2.52. The molecule has 7 heteroatoms. The molecule has 1 fully saturated rings. The molecule has 82 valence electrons. The largest absolute Gasteiger partial charge is 0.382 e. The second kappa shape index (κ2) is 3.96. The van der Waals surface area contributed by atoms with Crippen LogP contribution in [0.4, 0.5) is 8.78 Å². The predicted octanol–water partition coefficient (Wildman–Crippen LogP) is -0.0101. The second-order valence-electron chi connectivity index (χ2n) is 3.46. The summed E-state index contributed by atoms with van der Waals surface area (Å²) in [5.41, 5.74) is 4.80. The van der Waals surface area contributed by atoms with Crippen molar-refractivity contribution in [3.8, 4) is 0 Å². The number of carbonyl (C=O) groups is 1. The van der Waals surface area contributed by atoms with Gasteiger partial charge >= 0.3 is 0 Å². The molecule has 0 aliphatic heterocycles. The molecule has 1 saturated carbocycles. The Balaban J connectivity index is 2.44. The molecule has 14 heavy (non-hydrogen) atoms. The molecular formula is C7H11ClF2N2O2. The van der Waals surface area contributed by atoms with E-state index in [1.165, 1.54) is 0 Å². The van der Waals surface area contributed by atoms with Crippen molar-refractivity contribution in [2.24, 2.45) is 11.7 Å². The van der Waals surface area contributed by atoms with Crippen LogP contribution in [0.5, 0.6) is 0 Å². The Morgan fingerprint density at radius 1 is 1.79 bits per heavy atom. The van der Waals surface area contributed by atoms with E-state index in [0.29, 0.717) is 0 Å². The highest BCUT2D eigenvalue weighted by atomic mass is 35.5. The van der Waals surface area contributed by atoms with Crippen LogP contribution in [0.25, 0.3) is 0 Å². The molecule has 4 N–H and O–H groups in total. The fourth-order valence-electron chi connectivity index (χ4n) is 1.26. The highest BCUT2D eigenvalue weighted by Gasteiger charge is 2.57. The highest BCUT2D eigenvalue weighted by Crippen LogP contribution is 2.51. The van der Waals surface area contributed by atoms with Crippen molar-refractivity contribution in [1.29, 1.82) is 0 Å². The van der Waals surface area contributed by atoms with E-state index < -0.39 is 29.9 Å². The fourth-order valence-corrected chi connectivity index (χ4v) is 1.47. The molecule has 0 saturated heterocycles. The number of amides is 1. The average molecular weight is 229 g/mol. The number of carbonyl (C=O) groups excluding carboxylic acids is 1. The maximum Gasteiger partial charge on any atom is 0.251 e. The summed E-state index contributed by atoms with van der Waals surface area (Å²) in [6.45, 7) is 0. The first-order valence-electron chi connectivity index (χ1n) is 4.10. The van der Waals surface area contributed by atoms with Crippen molar-refractivity contribution in [2.75, 3.05) is 0 Å². The van der Waals surface area contributed by atoms with Gasteiger partial charge in [0, 0.05) is 12.3 Å². The molecule has 0 spiro atoms. The van der Waals surface area contributed by atoms with Gasteiger partial charge < -0.3 is 10.8 Å². The van der Waals surface area contributed by atoms with Crippen molar-refractivity contribution in [3.63, 3.8) is 0 Å². The zero-order chi connectivity index (χ0) is 10.9. The number of hydrogen-bond donors (Lipinski definition) is 3. The molecule has 1 aliphatic carbocycles. The van der Waals surface area contributed by atoms with Gasteiger partial charge in [-0.2, -0.15) is 0 Å². The first-order chi connectivity index (χ1) is 6.38. The van der Waals surface area contributed by atoms with E-state index in [1.807, 2.05) is 0 Å². The molecule has 1 rings (SSSR count). The molecular weight excluding hydrogens is 218 g/mol. The minimum absolute atomic E-state index is 0.0688. The average Bonchev–Trinajstić information content (AvgIpc) is 2.68. The first-order valence-corrected chi connectivity index (χ1v) is 4.47. The number of alkyl halides is 2. The van der Waals surface area contributed by atoms with Crippen LogP contribution >= 0.6 is 11.8 Å². The van der Waals surface area contributed by atoms with Gasteiger partial charge in [-0.05, 0) is 18.2 Å². The molecule has 3 atom stereocenters. The number of halogens is 3. The Morgan fingerprint density at radius 3 is 2.57 bits per heavy atom. The van der Waals surface area contributed by atoms with E-state index in [0.717, 1.165) is 0 Å². The van der Waals surface area contributed by atoms with Crippen LogP contribution in [0.1, 0.15) is 12.8 Å². The summed E-state index contributed by atoms with van der Waals surface area (Å²) in [7, 11) is 0. The van der Waals surface area contributed by atoms with Crippen LogP contribution in [0.3, 0.4) is 0 Å². The minimum Gasteiger partial charge on any atom is -0.382 e. The van der Waals surface area contributed by atoms with Gasteiger partial charge in [-0.3, -0.25) is 4.79 Å². The van der Waals surface area contributed by atoms with Crippen LogP contribution in [0.15, 0.2) is 0 Å². The summed E-state index contributed by atoms with van der Waals surface area (Å²) in [6, 6.07) is -0.924. The van der Waals surface area contributed by atoms with E-state index in [-0.39, 0.29) is 12.8 Å². The van der Waals surface area contributed by atoms with Crippen LogP contribution < -0.4 is 10.6 Å². The standard InChI is InChI=1S/C7H11ClF2N2O2/c8-12-4(5(13)6(11)14)1-3-2-7(3,9)10/h3-5,12-13H,1-2H2,(H2,11,14). The summed E-state index contributed by atoms with van der Waals surface area (Å²) in [6.07, 6.45) is -1.84. The summed E-state index contributed by atoms with van der Waals surface area (Å²) in [4.78, 5) is 12.6. The monoisotopic (exact) mass is 228 g/mol. The normalized spacial score (nSPS) is 28.1. The molecule has 0 aromatic carbocycles. The maximum absolute atomic E-state index is 12.5. The molecule has 3 unspecified atom stereocenters. The quantitative estimate of drug-likeness (QED) is 0.580. The summed E-state index contributed by atoms with van der Waals surface area (Å²) >= 11 is 5.21. The SMILES string of the molecule is NC(=O)C(O)C(CC1CC1(F)F)NCl. The zero-order valence-electron chi connectivity index (χ0n) is 7.21. The lowest BCUT2D eigenvalue weighted by Crippen LogP contribution is -2.44. The Labute approximate surface area is 84.5 Å². The summed E-state index contributed by atoms with van der Waals surface area (Å²) < 4.78 is 25.0. The zero-order valence-corrected chi connectivity index (χ0v) is 7.97. The molecule has 0 radical (unpaired) electrons. The molecule has 4 nitrogen and oxygen atoms in total. The van der Waals surface area contributed by atoms with Gasteiger partial charge in [0.15, 0.2) is 0 Å². The van der Waals surface area contributed by atoms with Crippen LogP contribution in [-0.4, -0.2) is 29.1 Å². The van der Waals surface area contributed by atoms with Gasteiger partial charge in [0.2, 0.25) is 5.91 Å². The topological polar surface area (TPSA) is 75.4 Å². The number of primary amides is 1. The Bertz CT molecular complexity index is 240. The van der Waals surface area contributed by atoms with Gasteiger partial charge in [0.25, 0.3) is 5.92 Å². The molecule has 0 heterocycles. The first kappa shape index (κ1) is 11.6. The third-order valence-corrected chi connectivity index (χ3v) is 2.59. The number of nitrogens with one attached hydrogen (secondary N) is 1. The van der Waals surface area contributed by atoms with Crippen molar-refractivity contribution in [2.45, 2.75) is 30.9 Å². The molecule has 1 amide bonds. The van der Waals surface area contributed by atoms with E-state index in [9.17, 15) is 13.6 Å². The summed E-state index contributed by atoms with van der Waals surface area (Å²) in [5, 5.41) is 9.17. The van der Waals surface area contributed by atoms with Gasteiger partial charge in [-0.15, -0.1) is 0 Å². The van der Waals surface area contributed by atoms with E-state index >= 15 is 0 Å². The minimum atomic E-state index is -2.69. The van der Waals surface area contributed by atoms with E-state index in [2.05, 4.69) is 4.84 Å². The number of hydrogen-bond acceptors (Lipinski definition) is 3. The predicted molar refractivity (Wildman–Crippen MR) is 45.6 cm³/mol. The number of rotatable bonds is 5. The van der Waals surface area contributed by atoms with Crippen LogP contribution in [0.2, 0.25) is 0 Å². The molecule has 0 bridgehead atoms. The molecule has 0 aromatic heterocycles. The van der Waals surface area contributed by atoms with Crippen molar-refractivity contribution < 1.29 is 18.7 Å². The smallest absolute Gasteiger partial charge is 0.251 e. The van der Waals surface area contributed by atoms with Gasteiger partial charge in [-0.25, -0.2) is 13.6 Å². The third-order valence-electron chi connectivity index (χ3n) is 2.31. The maximum atomic E-state index is 12.5. The van der Waals surface area contributed by atoms with Crippen LogP contribution in [0, 0.1) is 5.92 Å². The Hall–Kier alpha value is -0.460. The number of nitrogens with two attached hydrogens (primary N) is 1. The van der Waals surface area contributed by atoms with Gasteiger partial charge in [0.1, 0.15) is 6.10 Å². The Morgan fingerprint density at radius 2 is 2.29 bits per heavy atom. The number of aliphatic hydroxyl groups is 1. The van der Waals surface area contributed by atoms with Crippen molar-refractivity contribution in [3.05, 3.63) is 0 Å². The van der Waals surface area contributed by atoms with E-state index in [4.69, 9.17) is 22.6 Å². The van der Waals surface area contributed by atoms with Gasteiger partial charge in [0.05, 0.1) is 6.04 Å². The van der Waals surface area contributed by atoms with Gasteiger partial charge in [-0.1, -0.05) is 0 Å². The van der Waals surface area contributed by atoms with Crippen molar-refractivity contribution in [1.82, 2.24) is 4.84 Å². The van der Waals surface area contributed by atoms with E-state index in [1.54, 1.807) is 0 Å². The van der Waals surface area contributed by atoms with Crippen LogP contribution in [-0.2, 0) is 4.79 Å². The lowest BCUT2D eigenvalue weighted by molar-refractivity contribution is -0.127. The lowest BCUT2D eigenvalue weighted by atomic mass is 10.1. The summed E-state index contributed by atoms with van der Waals surface area (Å²) in [5.74, 6) is -4.50. The second-order valence-corrected chi connectivity index (χ2v) is 3.68. The molecule has 1 aliphatic rings. The lowest BCUT2D eigenvalue weighted by Gasteiger charge is -2.17. The molecule has 0 aromatic rings. The highest BCUT2D eigenvalue weighted by molar-refractivity contribution is 6.13. The Kier molecular flexibility index (Phi) is 3.28. The number of aliphatic hydroxyl groups excluding tert-OH is 1. The fraction of sp³-hybridized carbons (Fsp3) is 0.857. The van der Waals surface area contributed by atoms with Crippen molar-refractivity contribution >= 4 is 17.7 Å².